The zero-order valence-corrected chi connectivity index (χ0v) is 14.6. The third-order valence-electron chi connectivity index (χ3n) is 4.28. The first kappa shape index (κ1) is 15.5. The summed E-state index contributed by atoms with van der Waals surface area (Å²) in [6.07, 6.45) is 1.44. The largest absolute Gasteiger partial charge is 0.337 e. The molecule has 0 unspecified atom stereocenters. The van der Waals surface area contributed by atoms with Crippen LogP contribution in [0.2, 0.25) is 0 Å². The highest BCUT2D eigenvalue weighted by molar-refractivity contribution is 7.71. The first-order valence-corrected chi connectivity index (χ1v) is 8.25. The summed E-state index contributed by atoms with van der Waals surface area (Å²) in [7, 11) is 0. The molecule has 0 fully saturated rings. The second kappa shape index (κ2) is 5.82. The Labute approximate surface area is 148 Å². The van der Waals surface area contributed by atoms with Crippen molar-refractivity contribution in [3.63, 3.8) is 0 Å². The standard InChI is InChI=1S/C19H15N3O2S/c1-12-7-3-5-9-15(12)21-17(23)14-11-20-24-18(14)22(19(21)25)16-10-6-4-8-13(16)2/h3-11H,1-2H3. The van der Waals surface area contributed by atoms with Crippen molar-refractivity contribution in [2.75, 3.05) is 0 Å². The summed E-state index contributed by atoms with van der Waals surface area (Å²) < 4.78 is 9.02. The van der Waals surface area contributed by atoms with E-state index in [1.807, 2.05) is 62.4 Å². The van der Waals surface area contributed by atoms with E-state index in [0.717, 1.165) is 22.5 Å². The molecule has 6 heteroatoms. The van der Waals surface area contributed by atoms with Crippen molar-refractivity contribution in [2.24, 2.45) is 0 Å². The number of benzene rings is 2. The molecule has 4 rings (SSSR count). The number of hydrogen-bond acceptors (Lipinski definition) is 4. The zero-order valence-electron chi connectivity index (χ0n) is 13.8. The van der Waals surface area contributed by atoms with Gasteiger partial charge in [-0.05, 0) is 49.3 Å². The second-order valence-corrected chi connectivity index (χ2v) is 6.24. The fourth-order valence-electron chi connectivity index (χ4n) is 2.99. The Hall–Kier alpha value is -2.99. The molecule has 2 heterocycles. The second-order valence-electron chi connectivity index (χ2n) is 5.88. The van der Waals surface area contributed by atoms with Gasteiger partial charge < -0.3 is 4.52 Å². The molecule has 2 aromatic heterocycles. The molecule has 0 saturated heterocycles. The number of fused-ring (bicyclic) bond motifs is 1. The Morgan fingerprint density at radius 1 is 0.920 bits per heavy atom. The lowest BCUT2D eigenvalue weighted by Gasteiger charge is -2.15. The van der Waals surface area contributed by atoms with Crippen molar-refractivity contribution < 1.29 is 4.52 Å². The molecule has 4 aromatic rings. The topological polar surface area (TPSA) is 53.0 Å². The average molecular weight is 349 g/mol. The van der Waals surface area contributed by atoms with Crippen molar-refractivity contribution in [2.45, 2.75) is 13.8 Å². The monoisotopic (exact) mass is 349 g/mol. The molecule has 0 atom stereocenters. The molecule has 124 valence electrons. The summed E-state index contributed by atoms with van der Waals surface area (Å²) in [5.74, 6) is 0. The Kier molecular flexibility index (Phi) is 3.62. The molecule has 0 N–H and O–H groups in total. The number of hydrogen-bond donors (Lipinski definition) is 0. The van der Waals surface area contributed by atoms with Gasteiger partial charge in [0.05, 0.1) is 17.6 Å². The van der Waals surface area contributed by atoms with E-state index >= 15 is 0 Å². The lowest BCUT2D eigenvalue weighted by Crippen LogP contribution is -2.24. The lowest BCUT2D eigenvalue weighted by atomic mass is 10.2. The SMILES string of the molecule is Cc1ccccc1-n1c(=O)c2cnoc2n(-c2ccccc2C)c1=S. The number of aromatic nitrogens is 3. The molecule has 0 amide bonds. The van der Waals surface area contributed by atoms with E-state index in [0.29, 0.717) is 15.9 Å². The minimum Gasteiger partial charge on any atom is -0.337 e. The summed E-state index contributed by atoms with van der Waals surface area (Å²) in [5, 5.41) is 4.21. The highest BCUT2D eigenvalue weighted by Crippen LogP contribution is 2.22. The molecule has 2 aromatic carbocycles. The van der Waals surface area contributed by atoms with Crippen LogP contribution in [0.25, 0.3) is 22.5 Å². The van der Waals surface area contributed by atoms with Gasteiger partial charge in [0.25, 0.3) is 11.3 Å². The molecule has 25 heavy (non-hydrogen) atoms. The molecular weight excluding hydrogens is 334 g/mol. The van der Waals surface area contributed by atoms with E-state index in [-0.39, 0.29) is 5.56 Å². The van der Waals surface area contributed by atoms with Gasteiger partial charge in [-0.3, -0.25) is 13.9 Å². The normalized spacial score (nSPS) is 11.1. The predicted octanol–water partition coefficient (Wildman–Crippen LogP) is 4.12. The van der Waals surface area contributed by atoms with E-state index in [1.54, 1.807) is 4.57 Å². The number of para-hydroxylation sites is 2. The minimum absolute atomic E-state index is 0.236. The van der Waals surface area contributed by atoms with Crippen LogP contribution < -0.4 is 5.56 Å². The van der Waals surface area contributed by atoms with Crippen LogP contribution in [-0.4, -0.2) is 14.3 Å². The van der Waals surface area contributed by atoms with Gasteiger partial charge in [0.2, 0.25) is 0 Å². The summed E-state index contributed by atoms with van der Waals surface area (Å²) in [6, 6.07) is 15.5. The molecule has 0 aliphatic carbocycles. The van der Waals surface area contributed by atoms with Crippen LogP contribution in [0.3, 0.4) is 0 Å². The quantitative estimate of drug-likeness (QED) is 0.511. The number of aryl methyl sites for hydroxylation is 2. The van der Waals surface area contributed by atoms with Crippen LogP contribution in [-0.2, 0) is 0 Å². The van der Waals surface area contributed by atoms with Gasteiger partial charge in [0, 0.05) is 0 Å². The molecule has 0 aliphatic heterocycles. The average Bonchev–Trinajstić information content (AvgIpc) is 3.08. The molecule has 0 aliphatic rings. The van der Waals surface area contributed by atoms with Crippen LogP contribution in [0.5, 0.6) is 0 Å². The third-order valence-corrected chi connectivity index (χ3v) is 4.65. The van der Waals surface area contributed by atoms with E-state index < -0.39 is 0 Å². The third kappa shape index (κ3) is 2.34. The molecular formula is C19H15N3O2S. The van der Waals surface area contributed by atoms with Crippen LogP contribution in [0.15, 0.2) is 64.0 Å². The van der Waals surface area contributed by atoms with Gasteiger partial charge in [-0.25, -0.2) is 0 Å². The van der Waals surface area contributed by atoms with Crippen molar-refractivity contribution in [1.82, 2.24) is 14.3 Å². The van der Waals surface area contributed by atoms with Crippen molar-refractivity contribution in [3.05, 3.63) is 81.0 Å². The number of rotatable bonds is 2. The summed E-state index contributed by atoms with van der Waals surface area (Å²) in [6.45, 7) is 3.94. The highest BCUT2D eigenvalue weighted by atomic mass is 32.1. The summed E-state index contributed by atoms with van der Waals surface area (Å²) in [5.41, 5.74) is 3.71. The maximum absolute atomic E-state index is 13.0. The van der Waals surface area contributed by atoms with Crippen molar-refractivity contribution in [3.8, 4) is 11.4 Å². The Morgan fingerprint density at radius 3 is 2.08 bits per heavy atom. The maximum atomic E-state index is 13.0. The molecule has 0 bridgehead atoms. The first-order valence-electron chi connectivity index (χ1n) is 7.84. The maximum Gasteiger partial charge on any atom is 0.271 e. The fraction of sp³-hybridized carbons (Fsp3) is 0.105. The van der Waals surface area contributed by atoms with E-state index in [9.17, 15) is 4.79 Å². The van der Waals surface area contributed by atoms with E-state index in [4.69, 9.17) is 16.7 Å². The fourth-order valence-corrected chi connectivity index (χ4v) is 3.35. The minimum atomic E-state index is -0.236. The van der Waals surface area contributed by atoms with Gasteiger partial charge in [0.15, 0.2) is 4.77 Å². The first-order chi connectivity index (χ1) is 12.1. The Morgan fingerprint density at radius 2 is 1.48 bits per heavy atom. The predicted molar refractivity (Wildman–Crippen MR) is 99.2 cm³/mol. The van der Waals surface area contributed by atoms with Gasteiger partial charge >= 0.3 is 0 Å². The van der Waals surface area contributed by atoms with E-state index in [1.165, 1.54) is 10.8 Å². The van der Waals surface area contributed by atoms with Crippen molar-refractivity contribution in [1.29, 1.82) is 0 Å². The highest BCUT2D eigenvalue weighted by Gasteiger charge is 2.18. The van der Waals surface area contributed by atoms with Crippen LogP contribution in [0.4, 0.5) is 0 Å². The lowest BCUT2D eigenvalue weighted by molar-refractivity contribution is 0.441. The van der Waals surface area contributed by atoms with Gasteiger partial charge in [-0.2, -0.15) is 0 Å². The van der Waals surface area contributed by atoms with Crippen molar-refractivity contribution >= 4 is 23.3 Å². The smallest absolute Gasteiger partial charge is 0.271 e. The van der Waals surface area contributed by atoms with Gasteiger partial charge in [0.1, 0.15) is 5.39 Å². The van der Waals surface area contributed by atoms with Crippen LogP contribution in [0.1, 0.15) is 11.1 Å². The zero-order chi connectivity index (χ0) is 17.6. The summed E-state index contributed by atoms with van der Waals surface area (Å²) in [4.78, 5) is 13.0. The molecule has 0 radical (unpaired) electrons. The molecule has 0 saturated carbocycles. The summed E-state index contributed by atoms with van der Waals surface area (Å²) >= 11 is 5.69. The Bertz CT molecular complexity index is 1220. The van der Waals surface area contributed by atoms with E-state index in [2.05, 4.69) is 5.16 Å². The van der Waals surface area contributed by atoms with Gasteiger partial charge in [-0.15, -0.1) is 0 Å². The van der Waals surface area contributed by atoms with Gasteiger partial charge in [-0.1, -0.05) is 41.6 Å². The molecule has 5 nitrogen and oxygen atoms in total. The van der Waals surface area contributed by atoms with Crippen LogP contribution in [0, 0.1) is 18.6 Å². The van der Waals surface area contributed by atoms with Crippen LogP contribution >= 0.6 is 12.2 Å². The Balaban J connectivity index is 2.21. The number of nitrogens with zero attached hydrogens (tertiary/aromatic N) is 3. The molecule has 0 spiro atoms.